The van der Waals surface area contributed by atoms with Crippen LogP contribution in [-0.2, 0) is 4.79 Å². The molecule has 0 radical (unpaired) electrons. The van der Waals surface area contributed by atoms with Crippen molar-refractivity contribution in [2.75, 3.05) is 18.5 Å². The summed E-state index contributed by atoms with van der Waals surface area (Å²) in [5.41, 5.74) is 2.13. The molecule has 4 aromatic rings. The van der Waals surface area contributed by atoms with E-state index in [1.165, 1.54) is 0 Å². The van der Waals surface area contributed by atoms with Gasteiger partial charge in [-0.15, -0.1) is 0 Å². The van der Waals surface area contributed by atoms with Crippen LogP contribution >= 0.6 is 0 Å². The number of para-hydroxylation sites is 1. The van der Waals surface area contributed by atoms with Gasteiger partial charge in [-0.05, 0) is 59.7 Å². The summed E-state index contributed by atoms with van der Waals surface area (Å²) in [7, 11) is 0. The SMILES string of the molecule is CCOc1cc(/C=C/C(=O)c2ccc3ccccc3c2)ccc1OCC(=O)Nc1ccccc1. The average molecular weight is 452 g/mol. The standard InChI is InChI=1S/C29H25NO4/c1-2-33-28-18-21(12-16-26(31)24-15-14-22-8-6-7-9-23(22)19-24)13-17-27(28)34-20-29(32)30-25-10-4-3-5-11-25/h3-19H,2,20H2,1H3,(H,30,32)/b16-12+. The zero-order valence-corrected chi connectivity index (χ0v) is 18.9. The minimum atomic E-state index is -0.265. The third kappa shape index (κ3) is 5.90. The molecule has 1 amide bonds. The minimum absolute atomic E-state index is 0.0818. The zero-order valence-electron chi connectivity index (χ0n) is 18.9. The van der Waals surface area contributed by atoms with Gasteiger partial charge in [-0.3, -0.25) is 9.59 Å². The number of carbonyl (C=O) groups excluding carboxylic acids is 2. The van der Waals surface area contributed by atoms with Crippen LogP contribution in [0.3, 0.4) is 0 Å². The van der Waals surface area contributed by atoms with Gasteiger partial charge in [-0.2, -0.15) is 0 Å². The van der Waals surface area contributed by atoms with Crippen molar-refractivity contribution in [1.29, 1.82) is 0 Å². The molecule has 0 atom stereocenters. The van der Waals surface area contributed by atoms with E-state index in [4.69, 9.17) is 9.47 Å². The molecule has 34 heavy (non-hydrogen) atoms. The van der Waals surface area contributed by atoms with Crippen LogP contribution in [0.4, 0.5) is 5.69 Å². The molecule has 170 valence electrons. The molecule has 1 N–H and O–H groups in total. The Bertz CT molecular complexity index is 1330. The Hall–Kier alpha value is -4.38. The van der Waals surface area contributed by atoms with E-state index in [-0.39, 0.29) is 18.3 Å². The third-order valence-corrected chi connectivity index (χ3v) is 5.15. The van der Waals surface area contributed by atoms with Crippen LogP contribution in [0.1, 0.15) is 22.8 Å². The minimum Gasteiger partial charge on any atom is -0.490 e. The van der Waals surface area contributed by atoms with Gasteiger partial charge >= 0.3 is 0 Å². The van der Waals surface area contributed by atoms with Crippen molar-refractivity contribution in [1.82, 2.24) is 0 Å². The summed E-state index contributed by atoms with van der Waals surface area (Å²) in [6.45, 7) is 2.16. The highest BCUT2D eigenvalue weighted by Gasteiger charge is 2.10. The summed E-state index contributed by atoms with van der Waals surface area (Å²) in [6.07, 6.45) is 3.29. The molecule has 4 aromatic carbocycles. The van der Waals surface area contributed by atoms with E-state index in [0.29, 0.717) is 29.4 Å². The first kappa shape index (κ1) is 22.8. The van der Waals surface area contributed by atoms with E-state index >= 15 is 0 Å². The van der Waals surface area contributed by atoms with Gasteiger partial charge in [0.05, 0.1) is 6.61 Å². The van der Waals surface area contributed by atoms with Crippen molar-refractivity contribution in [2.24, 2.45) is 0 Å². The second-order valence-electron chi connectivity index (χ2n) is 7.60. The van der Waals surface area contributed by atoms with Crippen molar-refractivity contribution in [3.63, 3.8) is 0 Å². The number of ether oxygens (including phenoxy) is 2. The van der Waals surface area contributed by atoms with Crippen molar-refractivity contribution >= 4 is 34.2 Å². The number of benzene rings is 4. The Morgan fingerprint density at radius 2 is 1.56 bits per heavy atom. The second kappa shape index (κ2) is 11.0. The Morgan fingerprint density at radius 1 is 0.794 bits per heavy atom. The molecule has 0 heterocycles. The maximum atomic E-state index is 12.7. The van der Waals surface area contributed by atoms with Gasteiger partial charge in [0.1, 0.15) is 0 Å². The van der Waals surface area contributed by atoms with Crippen LogP contribution in [0.15, 0.2) is 97.1 Å². The molecule has 0 fully saturated rings. The highest BCUT2D eigenvalue weighted by molar-refractivity contribution is 6.08. The molecule has 5 nitrogen and oxygen atoms in total. The summed E-state index contributed by atoms with van der Waals surface area (Å²) >= 11 is 0. The van der Waals surface area contributed by atoms with Gasteiger partial charge in [-0.1, -0.05) is 66.7 Å². The highest BCUT2D eigenvalue weighted by Crippen LogP contribution is 2.29. The second-order valence-corrected chi connectivity index (χ2v) is 7.60. The lowest BCUT2D eigenvalue weighted by Gasteiger charge is -2.12. The molecule has 0 saturated carbocycles. The predicted molar refractivity (Wildman–Crippen MR) is 135 cm³/mol. The Morgan fingerprint density at radius 3 is 2.35 bits per heavy atom. The molecule has 4 rings (SSSR count). The van der Waals surface area contributed by atoms with Gasteiger partial charge < -0.3 is 14.8 Å². The van der Waals surface area contributed by atoms with Crippen molar-refractivity contribution < 1.29 is 19.1 Å². The first-order valence-corrected chi connectivity index (χ1v) is 11.1. The molecule has 5 heteroatoms. The van der Waals surface area contributed by atoms with E-state index in [2.05, 4.69) is 5.32 Å². The topological polar surface area (TPSA) is 64.6 Å². The number of rotatable bonds is 9. The maximum absolute atomic E-state index is 12.7. The molecule has 0 bridgehead atoms. The number of hydrogen-bond acceptors (Lipinski definition) is 4. The van der Waals surface area contributed by atoms with Crippen LogP contribution in [0, 0.1) is 0 Å². The van der Waals surface area contributed by atoms with Gasteiger partial charge in [-0.25, -0.2) is 0 Å². The lowest BCUT2D eigenvalue weighted by Crippen LogP contribution is -2.20. The summed E-state index contributed by atoms with van der Waals surface area (Å²) in [6, 6.07) is 28.1. The fraction of sp³-hybridized carbons (Fsp3) is 0.103. The van der Waals surface area contributed by atoms with Crippen LogP contribution in [0.5, 0.6) is 11.5 Å². The van der Waals surface area contributed by atoms with Gasteiger partial charge in [0.2, 0.25) is 0 Å². The summed E-state index contributed by atoms with van der Waals surface area (Å²) in [5, 5.41) is 4.90. The lowest BCUT2D eigenvalue weighted by molar-refractivity contribution is -0.118. The van der Waals surface area contributed by atoms with Crippen LogP contribution in [-0.4, -0.2) is 24.9 Å². The number of nitrogens with one attached hydrogen (secondary N) is 1. The van der Waals surface area contributed by atoms with E-state index in [1.807, 2.05) is 85.8 Å². The predicted octanol–water partition coefficient (Wildman–Crippen LogP) is 6.15. The summed E-state index contributed by atoms with van der Waals surface area (Å²) in [4.78, 5) is 24.9. The normalized spacial score (nSPS) is 10.9. The first-order valence-electron chi connectivity index (χ1n) is 11.1. The maximum Gasteiger partial charge on any atom is 0.262 e. The van der Waals surface area contributed by atoms with Gasteiger partial charge in [0, 0.05) is 11.3 Å². The van der Waals surface area contributed by atoms with Crippen molar-refractivity contribution in [3.05, 3.63) is 108 Å². The quantitative estimate of drug-likeness (QED) is 0.245. The fourth-order valence-corrected chi connectivity index (χ4v) is 3.49. The molecular weight excluding hydrogens is 426 g/mol. The number of hydrogen-bond donors (Lipinski definition) is 1. The van der Waals surface area contributed by atoms with Crippen molar-refractivity contribution in [3.8, 4) is 11.5 Å². The van der Waals surface area contributed by atoms with Crippen molar-refractivity contribution in [2.45, 2.75) is 6.92 Å². The van der Waals surface area contributed by atoms with E-state index < -0.39 is 0 Å². The fourth-order valence-electron chi connectivity index (χ4n) is 3.49. The third-order valence-electron chi connectivity index (χ3n) is 5.15. The number of ketones is 1. The number of carbonyl (C=O) groups is 2. The number of amides is 1. The molecule has 0 saturated heterocycles. The molecule has 0 aromatic heterocycles. The Balaban J connectivity index is 1.43. The van der Waals surface area contributed by atoms with Crippen LogP contribution in [0.25, 0.3) is 16.8 Å². The smallest absolute Gasteiger partial charge is 0.262 e. The molecule has 0 unspecified atom stereocenters. The highest BCUT2D eigenvalue weighted by atomic mass is 16.5. The monoisotopic (exact) mass is 451 g/mol. The molecule has 0 aliphatic rings. The van der Waals surface area contributed by atoms with E-state index in [1.54, 1.807) is 24.3 Å². The molecule has 0 aliphatic heterocycles. The van der Waals surface area contributed by atoms with E-state index in [9.17, 15) is 9.59 Å². The molecular formula is C29H25NO4. The van der Waals surface area contributed by atoms with Gasteiger partial charge in [0.15, 0.2) is 23.9 Å². The Kier molecular flexibility index (Phi) is 7.35. The van der Waals surface area contributed by atoms with Crippen LogP contribution < -0.4 is 14.8 Å². The largest absolute Gasteiger partial charge is 0.490 e. The summed E-state index contributed by atoms with van der Waals surface area (Å²) < 4.78 is 11.4. The number of anilines is 1. The molecule has 0 spiro atoms. The lowest BCUT2D eigenvalue weighted by atomic mass is 10.0. The van der Waals surface area contributed by atoms with E-state index in [0.717, 1.165) is 16.3 Å². The average Bonchev–Trinajstić information content (AvgIpc) is 2.87. The summed E-state index contributed by atoms with van der Waals surface area (Å²) in [5.74, 6) is 0.624. The number of allylic oxidation sites excluding steroid dienone is 1. The Labute approximate surface area is 198 Å². The number of fused-ring (bicyclic) bond motifs is 1. The van der Waals surface area contributed by atoms with Crippen LogP contribution in [0.2, 0.25) is 0 Å². The first-order chi connectivity index (χ1) is 16.6. The van der Waals surface area contributed by atoms with Gasteiger partial charge in [0.25, 0.3) is 5.91 Å². The molecule has 0 aliphatic carbocycles. The zero-order chi connectivity index (χ0) is 23.8.